The fraction of sp³-hybridized carbons (Fsp3) is 0.250. The van der Waals surface area contributed by atoms with E-state index in [1.807, 2.05) is 26.0 Å². The number of carbonyl (C=O) groups excluding carboxylic acids is 2. The minimum Gasteiger partial charge on any atom is -0.468 e. The highest BCUT2D eigenvalue weighted by molar-refractivity contribution is 6.37. The van der Waals surface area contributed by atoms with Gasteiger partial charge >= 0.3 is 5.97 Å². The Kier molecular flexibility index (Phi) is 5.34. The van der Waals surface area contributed by atoms with Crippen molar-refractivity contribution in [1.29, 1.82) is 0 Å². The molecular formula is C16H16Cl2N2O3. The van der Waals surface area contributed by atoms with Crippen molar-refractivity contribution < 1.29 is 14.3 Å². The maximum atomic E-state index is 12.9. The number of benzene rings is 1. The maximum Gasteiger partial charge on any atom is 0.327 e. The van der Waals surface area contributed by atoms with Crippen molar-refractivity contribution in [3.63, 3.8) is 0 Å². The van der Waals surface area contributed by atoms with Gasteiger partial charge in [-0.25, -0.2) is 5.01 Å². The van der Waals surface area contributed by atoms with Crippen LogP contribution in [0.25, 0.3) is 0 Å². The SMILES string of the molecule is COC(=O)CN(C(=O)c1ccc(Cl)cc1Cl)n1c(C)ccc1C. The van der Waals surface area contributed by atoms with Crippen molar-refractivity contribution in [2.75, 3.05) is 18.7 Å². The second-order valence-electron chi connectivity index (χ2n) is 4.99. The van der Waals surface area contributed by atoms with Crippen molar-refractivity contribution >= 4 is 35.1 Å². The van der Waals surface area contributed by atoms with E-state index in [1.54, 1.807) is 10.7 Å². The van der Waals surface area contributed by atoms with Gasteiger partial charge in [0, 0.05) is 16.4 Å². The van der Waals surface area contributed by atoms with Gasteiger partial charge in [0.15, 0.2) is 0 Å². The molecule has 1 aromatic carbocycles. The normalized spacial score (nSPS) is 10.5. The molecule has 0 aliphatic rings. The van der Waals surface area contributed by atoms with E-state index in [2.05, 4.69) is 0 Å². The lowest BCUT2D eigenvalue weighted by atomic mass is 10.2. The molecule has 0 aliphatic carbocycles. The van der Waals surface area contributed by atoms with Crippen LogP contribution in [0.2, 0.25) is 10.0 Å². The van der Waals surface area contributed by atoms with E-state index < -0.39 is 11.9 Å². The predicted molar refractivity (Wildman–Crippen MR) is 89.8 cm³/mol. The van der Waals surface area contributed by atoms with Crippen molar-refractivity contribution in [2.24, 2.45) is 0 Å². The van der Waals surface area contributed by atoms with Gasteiger partial charge < -0.3 is 4.74 Å². The summed E-state index contributed by atoms with van der Waals surface area (Å²) in [5.41, 5.74) is 1.88. The van der Waals surface area contributed by atoms with Crippen molar-refractivity contribution in [1.82, 2.24) is 4.68 Å². The first-order valence-corrected chi connectivity index (χ1v) is 7.59. The van der Waals surface area contributed by atoms with Crippen LogP contribution in [0.4, 0.5) is 0 Å². The maximum absolute atomic E-state index is 12.9. The molecule has 23 heavy (non-hydrogen) atoms. The molecule has 0 unspecified atom stereocenters. The van der Waals surface area contributed by atoms with Gasteiger partial charge in [-0.3, -0.25) is 14.3 Å². The molecule has 0 N–H and O–H groups in total. The number of aromatic nitrogens is 1. The zero-order chi connectivity index (χ0) is 17.1. The number of aryl methyl sites for hydroxylation is 2. The third-order valence-electron chi connectivity index (χ3n) is 3.38. The summed E-state index contributed by atoms with van der Waals surface area (Å²) in [5, 5.41) is 1.95. The Bertz CT molecular complexity index is 736. The molecule has 1 heterocycles. The Morgan fingerprint density at radius 3 is 2.26 bits per heavy atom. The van der Waals surface area contributed by atoms with Crippen LogP contribution in [0.5, 0.6) is 0 Å². The van der Waals surface area contributed by atoms with Crippen LogP contribution in [0.15, 0.2) is 30.3 Å². The Labute approximate surface area is 144 Å². The van der Waals surface area contributed by atoms with Gasteiger partial charge in [0.05, 0.1) is 17.7 Å². The number of methoxy groups -OCH3 is 1. The molecule has 1 amide bonds. The number of amides is 1. The number of hydrogen-bond donors (Lipinski definition) is 0. The van der Waals surface area contributed by atoms with E-state index in [1.165, 1.54) is 24.3 Å². The summed E-state index contributed by atoms with van der Waals surface area (Å²) in [7, 11) is 1.27. The Morgan fingerprint density at radius 1 is 1.13 bits per heavy atom. The second kappa shape index (κ2) is 7.06. The summed E-state index contributed by atoms with van der Waals surface area (Å²) >= 11 is 12.0. The summed E-state index contributed by atoms with van der Waals surface area (Å²) in [6.07, 6.45) is 0. The lowest BCUT2D eigenvalue weighted by Crippen LogP contribution is -2.45. The fourth-order valence-corrected chi connectivity index (χ4v) is 2.75. The van der Waals surface area contributed by atoms with Crippen LogP contribution in [0, 0.1) is 13.8 Å². The van der Waals surface area contributed by atoms with Gasteiger partial charge in [0.25, 0.3) is 5.91 Å². The quantitative estimate of drug-likeness (QED) is 0.791. The van der Waals surface area contributed by atoms with Crippen LogP contribution >= 0.6 is 23.2 Å². The summed E-state index contributed by atoms with van der Waals surface area (Å²) in [5.74, 6) is -0.949. The molecule has 122 valence electrons. The number of hydrogen-bond acceptors (Lipinski definition) is 3. The average Bonchev–Trinajstić information content (AvgIpc) is 2.83. The van der Waals surface area contributed by atoms with Gasteiger partial charge in [0.1, 0.15) is 6.54 Å². The number of carbonyl (C=O) groups is 2. The molecule has 5 nitrogen and oxygen atoms in total. The fourth-order valence-electron chi connectivity index (χ4n) is 2.26. The van der Waals surface area contributed by atoms with Gasteiger partial charge in [-0.2, -0.15) is 0 Å². The lowest BCUT2D eigenvalue weighted by Gasteiger charge is -2.26. The molecule has 0 fully saturated rings. The van der Waals surface area contributed by atoms with E-state index >= 15 is 0 Å². The van der Waals surface area contributed by atoms with Crippen molar-refractivity contribution in [3.8, 4) is 0 Å². The number of esters is 1. The molecule has 0 atom stereocenters. The first-order valence-electron chi connectivity index (χ1n) is 6.84. The van der Waals surface area contributed by atoms with Crippen molar-refractivity contribution in [3.05, 3.63) is 57.3 Å². The molecule has 1 aromatic heterocycles. The summed E-state index contributed by atoms with van der Waals surface area (Å²) < 4.78 is 6.35. The first-order chi connectivity index (χ1) is 10.8. The molecule has 0 spiro atoms. The molecule has 0 radical (unpaired) electrons. The topological polar surface area (TPSA) is 51.5 Å². The molecule has 0 saturated heterocycles. The number of nitrogens with zero attached hydrogens (tertiary/aromatic N) is 2. The van der Waals surface area contributed by atoms with Crippen LogP contribution in [0.1, 0.15) is 21.7 Å². The van der Waals surface area contributed by atoms with Gasteiger partial charge in [-0.15, -0.1) is 0 Å². The molecule has 0 saturated carbocycles. The standard InChI is InChI=1S/C16H16Cl2N2O3/c1-10-4-5-11(2)20(10)19(9-15(21)23-3)16(22)13-7-6-12(17)8-14(13)18/h4-8H,9H2,1-3H3. The van der Waals surface area contributed by atoms with Gasteiger partial charge in [0.2, 0.25) is 0 Å². The Morgan fingerprint density at radius 2 is 1.74 bits per heavy atom. The molecular weight excluding hydrogens is 339 g/mol. The minimum atomic E-state index is -0.532. The summed E-state index contributed by atoms with van der Waals surface area (Å²) in [6.45, 7) is 3.45. The van der Waals surface area contributed by atoms with E-state index in [4.69, 9.17) is 27.9 Å². The van der Waals surface area contributed by atoms with Crippen LogP contribution < -0.4 is 5.01 Å². The van der Waals surface area contributed by atoms with Crippen LogP contribution in [0.3, 0.4) is 0 Å². The molecule has 0 aliphatic heterocycles. The van der Waals surface area contributed by atoms with E-state index in [-0.39, 0.29) is 17.1 Å². The summed E-state index contributed by atoms with van der Waals surface area (Å²) in [4.78, 5) is 24.6. The third-order valence-corrected chi connectivity index (χ3v) is 3.93. The highest BCUT2D eigenvalue weighted by Gasteiger charge is 2.25. The first kappa shape index (κ1) is 17.4. The Hall–Kier alpha value is -1.98. The monoisotopic (exact) mass is 354 g/mol. The van der Waals surface area contributed by atoms with Gasteiger partial charge in [-0.05, 0) is 44.2 Å². The van der Waals surface area contributed by atoms with Gasteiger partial charge in [-0.1, -0.05) is 23.2 Å². The minimum absolute atomic E-state index is 0.222. The molecule has 2 aromatic rings. The zero-order valence-electron chi connectivity index (χ0n) is 13.0. The average molecular weight is 355 g/mol. The molecule has 0 bridgehead atoms. The predicted octanol–water partition coefficient (Wildman–Crippen LogP) is 3.36. The van der Waals surface area contributed by atoms with Crippen LogP contribution in [-0.4, -0.2) is 30.2 Å². The number of halogens is 2. The number of ether oxygens (including phenoxy) is 1. The summed E-state index contributed by atoms with van der Waals surface area (Å²) in [6, 6.07) is 8.31. The number of rotatable bonds is 4. The molecule has 7 heteroatoms. The van der Waals surface area contributed by atoms with Crippen LogP contribution in [-0.2, 0) is 9.53 Å². The van der Waals surface area contributed by atoms with E-state index in [0.717, 1.165) is 11.4 Å². The second-order valence-corrected chi connectivity index (χ2v) is 5.83. The lowest BCUT2D eigenvalue weighted by molar-refractivity contribution is -0.139. The Balaban J connectivity index is 2.49. The van der Waals surface area contributed by atoms with Crippen molar-refractivity contribution in [2.45, 2.75) is 13.8 Å². The molecule has 2 rings (SSSR count). The largest absolute Gasteiger partial charge is 0.468 e. The zero-order valence-corrected chi connectivity index (χ0v) is 14.5. The smallest absolute Gasteiger partial charge is 0.327 e. The van der Waals surface area contributed by atoms with E-state index in [0.29, 0.717) is 5.02 Å². The third kappa shape index (κ3) is 3.68. The van der Waals surface area contributed by atoms with E-state index in [9.17, 15) is 9.59 Å². The highest BCUT2D eigenvalue weighted by atomic mass is 35.5. The highest BCUT2D eigenvalue weighted by Crippen LogP contribution is 2.23.